The van der Waals surface area contributed by atoms with E-state index in [4.69, 9.17) is 5.73 Å². The van der Waals surface area contributed by atoms with E-state index in [0.29, 0.717) is 0 Å². The van der Waals surface area contributed by atoms with E-state index < -0.39 is 0 Å². The number of allylic oxidation sites excluding steroid dienone is 1. The Labute approximate surface area is 123 Å². The minimum absolute atomic E-state index is 0.818. The second-order valence-corrected chi connectivity index (χ2v) is 6.66. The topological polar surface area (TPSA) is 50.9 Å². The molecule has 0 bridgehead atoms. The first kappa shape index (κ1) is 13.4. The molecule has 3 N–H and O–H groups in total. The van der Waals surface area contributed by atoms with E-state index in [1.807, 2.05) is 13.0 Å². The molecule has 0 saturated carbocycles. The molecule has 1 aromatic heterocycles. The van der Waals surface area contributed by atoms with Crippen molar-refractivity contribution in [2.75, 3.05) is 17.6 Å². The van der Waals surface area contributed by atoms with Crippen LogP contribution in [-0.4, -0.2) is 11.5 Å². The first-order valence-electron chi connectivity index (χ1n) is 7.31. The first-order valence-corrected chi connectivity index (χ1v) is 8.12. The van der Waals surface area contributed by atoms with Gasteiger partial charge in [0.1, 0.15) is 0 Å². The highest BCUT2D eigenvalue weighted by atomic mass is 32.1. The Bertz CT molecular complexity index is 642. The highest BCUT2D eigenvalue weighted by Crippen LogP contribution is 2.30. The molecule has 4 heteroatoms. The predicted molar refractivity (Wildman–Crippen MR) is 88.4 cm³/mol. The number of nitrogens with one attached hydrogen (secondary N) is 1. The first-order chi connectivity index (χ1) is 9.72. The van der Waals surface area contributed by atoms with Gasteiger partial charge in [-0.2, -0.15) is 0 Å². The van der Waals surface area contributed by atoms with Crippen LogP contribution in [0.2, 0.25) is 0 Å². The van der Waals surface area contributed by atoms with Gasteiger partial charge in [0.25, 0.3) is 0 Å². The molecule has 0 unspecified atom stereocenters. The molecule has 1 heterocycles. The van der Waals surface area contributed by atoms with Crippen LogP contribution in [0.5, 0.6) is 0 Å². The van der Waals surface area contributed by atoms with Crippen molar-refractivity contribution in [1.29, 1.82) is 0 Å². The second kappa shape index (κ2) is 5.83. The molecule has 1 aromatic carbocycles. The number of aromatic nitrogens is 1. The van der Waals surface area contributed by atoms with Crippen LogP contribution in [0.4, 0.5) is 11.4 Å². The maximum Gasteiger partial charge on any atom is 0.0907 e. The minimum atomic E-state index is 0.818. The Morgan fingerprint density at radius 2 is 2.25 bits per heavy atom. The molecule has 0 radical (unpaired) electrons. The zero-order chi connectivity index (χ0) is 13.9. The number of hydrogen-bond acceptors (Lipinski definition) is 4. The van der Waals surface area contributed by atoms with Crippen molar-refractivity contribution in [3.63, 3.8) is 0 Å². The largest absolute Gasteiger partial charge is 0.397 e. The van der Waals surface area contributed by atoms with E-state index >= 15 is 0 Å². The summed E-state index contributed by atoms with van der Waals surface area (Å²) in [6.45, 7) is 2.98. The lowest BCUT2D eigenvalue weighted by Crippen LogP contribution is -2.06. The number of nitrogens with zero attached hydrogens (tertiary/aromatic N) is 1. The van der Waals surface area contributed by atoms with Gasteiger partial charge in [0.15, 0.2) is 0 Å². The van der Waals surface area contributed by atoms with E-state index in [2.05, 4.69) is 22.4 Å². The van der Waals surface area contributed by atoms with Gasteiger partial charge >= 0.3 is 0 Å². The molecule has 1 aliphatic carbocycles. The number of aryl methyl sites for hydroxylation is 1. The van der Waals surface area contributed by atoms with E-state index in [9.17, 15) is 0 Å². The average molecular weight is 287 g/mol. The fourth-order valence-electron chi connectivity index (χ4n) is 2.75. The molecule has 0 fully saturated rings. The monoisotopic (exact) mass is 287 g/mol. The zero-order valence-electron chi connectivity index (χ0n) is 11.9. The molecular weight excluding hydrogens is 266 g/mol. The van der Waals surface area contributed by atoms with Crippen LogP contribution in [0.25, 0.3) is 10.2 Å². The standard InChI is InChI=1S/C16H21N3S/c1-11-19-15-10-14(13(17)9-16(15)20-11)18-8-7-12-5-3-2-4-6-12/h5,9-10,18H,2-4,6-8,17H2,1H3. The van der Waals surface area contributed by atoms with Crippen LogP contribution in [0.15, 0.2) is 23.8 Å². The molecular formula is C16H21N3S. The van der Waals surface area contributed by atoms with Crippen molar-refractivity contribution < 1.29 is 0 Å². The number of thiazole rings is 1. The highest BCUT2D eigenvalue weighted by molar-refractivity contribution is 7.18. The van der Waals surface area contributed by atoms with Crippen molar-refractivity contribution in [3.05, 3.63) is 28.8 Å². The van der Waals surface area contributed by atoms with E-state index in [0.717, 1.165) is 34.9 Å². The van der Waals surface area contributed by atoms with Crippen LogP contribution in [0.3, 0.4) is 0 Å². The molecule has 3 rings (SSSR count). The van der Waals surface area contributed by atoms with Crippen LogP contribution < -0.4 is 11.1 Å². The molecule has 0 aliphatic heterocycles. The quantitative estimate of drug-likeness (QED) is 0.643. The molecule has 0 spiro atoms. The normalized spacial score (nSPS) is 15.3. The summed E-state index contributed by atoms with van der Waals surface area (Å²) in [5.41, 5.74) is 10.6. The molecule has 2 aromatic rings. The van der Waals surface area contributed by atoms with Gasteiger partial charge in [-0.1, -0.05) is 11.6 Å². The number of rotatable bonds is 4. The third-order valence-corrected chi connectivity index (χ3v) is 4.75. The SMILES string of the molecule is Cc1nc2cc(NCCC3=CCCCC3)c(N)cc2s1. The van der Waals surface area contributed by atoms with E-state index in [1.54, 1.807) is 16.9 Å². The summed E-state index contributed by atoms with van der Waals surface area (Å²) in [5, 5.41) is 4.55. The Balaban J connectivity index is 1.67. The fraction of sp³-hybridized carbons (Fsp3) is 0.438. The summed E-state index contributed by atoms with van der Waals surface area (Å²) in [6.07, 6.45) is 8.74. The fourth-order valence-corrected chi connectivity index (χ4v) is 3.60. The molecule has 3 nitrogen and oxygen atoms in total. The van der Waals surface area contributed by atoms with Crippen LogP contribution >= 0.6 is 11.3 Å². The maximum atomic E-state index is 6.12. The van der Waals surface area contributed by atoms with Gasteiger partial charge in [-0.05, 0) is 51.2 Å². The van der Waals surface area contributed by atoms with Gasteiger partial charge in [-0.3, -0.25) is 0 Å². The summed E-state index contributed by atoms with van der Waals surface area (Å²) in [7, 11) is 0. The molecule has 0 amide bonds. The van der Waals surface area contributed by atoms with Crippen molar-refractivity contribution in [3.8, 4) is 0 Å². The molecule has 106 valence electrons. The van der Waals surface area contributed by atoms with Gasteiger partial charge in [-0.25, -0.2) is 4.98 Å². The number of benzene rings is 1. The van der Waals surface area contributed by atoms with E-state index in [-0.39, 0.29) is 0 Å². The third kappa shape index (κ3) is 2.96. The number of fused-ring (bicyclic) bond motifs is 1. The van der Waals surface area contributed by atoms with Crippen LogP contribution in [0.1, 0.15) is 37.1 Å². The third-order valence-electron chi connectivity index (χ3n) is 3.81. The van der Waals surface area contributed by atoms with Crippen molar-refractivity contribution in [2.24, 2.45) is 0 Å². The van der Waals surface area contributed by atoms with Crippen LogP contribution in [-0.2, 0) is 0 Å². The number of nitrogens with two attached hydrogens (primary N) is 1. The lowest BCUT2D eigenvalue weighted by Gasteiger charge is -2.14. The minimum Gasteiger partial charge on any atom is -0.397 e. The average Bonchev–Trinajstić information content (AvgIpc) is 2.79. The van der Waals surface area contributed by atoms with Gasteiger partial charge in [0.05, 0.1) is 26.6 Å². The Hall–Kier alpha value is -1.55. The number of hydrogen-bond donors (Lipinski definition) is 2. The summed E-state index contributed by atoms with van der Waals surface area (Å²) >= 11 is 1.69. The van der Waals surface area contributed by atoms with Crippen molar-refractivity contribution in [1.82, 2.24) is 4.98 Å². The summed E-state index contributed by atoms with van der Waals surface area (Å²) in [5.74, 6) is 0. The second-order valence-electron chi connectivity index (χ2n) is 5.42. The Morgan fingerprint density at radius 1 is 1.35 bits per heavy atom. The van der Waals surface area contributed by atoms with Crippen LogP contribution in [0, 0.1) is 6.92 Å². The molecule has 0 atom stereocenters. The number of anilines is 2. The summed E-state index contributed by atoms with van der Waals surface area (Å²) in [4.78, 5) is 4.52. The summed E-state index contributed by atoms with van der Waals surface area (Å²) < 4.78 is 1.17. The number of nitrogen functional groups attached to an aromatic ring is 1. The van der Waals surface area contributed by atoms with Gasteiger partial charge in [-0.15, -0.1) is 11.3 Å². The Kier molecular flexibility index (Phi) is 3.92. The molecule has 1 aliphatic rings. The lowest BCUT2D eigenvalue weighted by atomic mass is 9.97. The van der Waals surface area contributed by atoms with Gasteiger partial charge < -0.3 is 11.1 Å². The lowest BCUT2D eigenvalue weighted by molar-refractivity contribution is 0.679. The summed E-state index contributed by atoms with van der Waals surface area (Å²) in [6, 6.07) is 4.10. The molecule has 20 heavy (non-hydrogen) atoms. The van der Waals surface area contributed by atoms with Gasteiger partial charge in [0.2, 0.25) is 0 Å². The van der Waals surface area contributed by atoms with E-state index in [1.165, 1.54) is 30.4 Å². The van der Waals surface area contributed by atoms with Crippen molar-refractivity contribution >= 4 is 32.9 Å². The smallest absolute Gasteiger partial charge is 0.0907 e. The van der Waals surface area contributed by atoms with Crippen molar-refractivity contribution in [2.45, 2.75) is 39.0 Å². The zero-order valence-corrected chi connectivity index (χ0v) is 12.7. The highest BCUT2D eigenvalue weighted by Gasteiger charge is 2.07. The molecule has 0 saturated heterocycles. The maximum absolute atomic E-state index is 6.12. The predicted octanol–water partition coefficient (Wildman–Crippen LogP) is 4.49. The van der Waals surface area contributed by atoms with Gasteiger partial charge in [0, 0.05) is 6.54 Å². The Morgan fingerprint density at radius 3 is 3.05 bits per heavy atom.